The first-order chi connectivity index (χ1) is 7.08. The number of benzene rings is 1. The summed E-state index contributed by atoms with van der Waals surface area (Å²) in [5.74, 6) is 0.636. The molecule has 15 heavy (non-hydrogen) atoms. The van der Waals surface area contributed by atoms with Gasteiger partial charge in [0.15, 0.2) is 0 Å². The Bertz CT molecular complexity index is 500. The van der Waals surface area contributed by atoms with E-state index in [1.807, 2.05) is 32.9 Å². The molecular formula is C12H14N2O. The van der Waals surface area contributed by atoms with E-state index in [1.165, 1.54) is 0 Å². The number of anilines is 1. The highest BCUT2D eigenvalue weighted by atomic mass is 16.3. The first kappa shape index (κ1) is 9.77. The second-order valence-electron chi connectivity index (χ2n) is 3.82. The van der Waals surface area contributed by atoms with E-state index in [0.29, 0.717) is 5.89 Å². The number of aromatic nitrogens is 1. The van der Waals surface area contributed by atoms with E-state index in [9.17, 15) is 0 Å². The van der Waals surface area contributed by atoms with Crippen LogP contribution in [0.15, 0.2) is 22.8 Å². The number of aryl methyl sites for hydroxylation is 3. The van der Waals surface area contributed by atoms with Crippen molar-refractivity contribution < 1.29 is 4.42 Å². The Morgan fingerprint density at radius 2 is 1.87 bits per heavy atom. The summed E-state index contributed by atoms with van der Waals surface area (Å²) in [5.41, 5.74) is 10.7. The van der Waals surface area contributed by atoms with E-state index in [4.69, 9.17) is 10.2 Å². The van der Waals surface area contributed by atoms with Gasteiger partial charge in [0.25, 0.3) is 0 Å². The first-order valence-corrected chi connectivity index (χ1v) is 4.87. The lowest BCUT2D eigenvalue weighted by Crippen LogP contribution is -1.93. The maximum Gasteiger partial charge on any atom is 0.226 e. The van der Waals surface area contributed by atoms with E-state index in [1.54, 1.807) is 6.26 Å². The van der Waals surface area contributed by atoms with Gasteiger partial charge in [0, 0.05) is 11.3 Å². The molecule has 0 aliphatic carbocycles. The molecule has 2 aromatic rings. The molecular weight excluding hydrogens is 188 g/mol. The minimum atomic E-state index is 0.636. The zero-order valence-corrected chi connectivity index (χ0v) is 9.16. The van der Waals surface area contributed by atoms with Crippen LogP contribution in [0.4, 0.5) is 5.69 Å². The van der Waals surface area contributed by atoms with Gasteiger partial charge in [-0.1, -0.05) is 6.07 Å². The topological polar surface area (TPSA) is 52.0 Å². The van der Waals surface area contributed by atoms with E-state index in [2.05, 4.69) is 4.98 Å². The van der Waals surface area contributed by atoms with Gasteiger partial charge in [-0.25, -0.2) is 4.98 Å². The highest BCUT2D eigenvalue weighted by molar-refractivity contribution is 5.66. The van der Waals surface area contributed by atoms with Crippen molar-refractivity contribution in [3.05, 3.63) is 35.2 Å². The van der Waals surface area contributed by atoms with Gasteiger partial charge >= 0.3 is 0 Å². The van der Waals surface area contributed by atoms with Gasteiger partial charge in [-0.2, -0.15) is 0 Å². The van der Waals surface area contributed by atoms with E-state index in [0.717, 1.165) is 28.1 Å². The Hall–Kier alpha value is -1.77. The first-order valence-electron chi connectivity index (χ1n) is 4.87. The molecule has 3 nitrogen and oxygen atoms in total. The molecule has 0 saturated carbocycles. The summed E-state index contributed by atoms with van der Waals surface area (Å²) in [5, 5.41) is 0. The molecule has 0 amide bonds. The maximum absolute atomic E-state index is 5.86. The Kier molecular flexibility index (Phi) is 2.23. The van der Waals surface area contributed by atoms with Gasteiger partial charge < -0.3 is 10.2 Å². The number of rotatable bonds is 1. The van der Waals surface area contributed by atoms with Crippen LogP contribution in [-0.2, 0) is 0 Å². The van der Waals surface area contributed by atoms with Crippen LogP contribution >= 0.6 is 0 Å². The van der Waals surface area contributed by atoms with Crippen molar-refractivity contribution in [2.45, 2.75) is 20.8 Å². The zero-order valence-electron chi connectivity index (χ0n) is 9.16. The molecule has 1 aromatic carbocycles. The van der Waals surface area contributed by atoms with Crippen LogP contribution in [0, 0.1) is 20.8 Å². The van der Waals surface area contributed by atoms with Crippen molar-refractivity contribution in [3.8, 4) is 11.5 Å². The summed E-state index contributed by atoms with van der Waals surface area (Å²) in [4.78, 5) is 4.29. The molecule has 0 fully saturated rings. The van der Waals surface area contributed by atoms with Gasteiger partial charge in [0.1, 0.15) is 6.26 Å². The molecule has 2 rings (SSSR count). The molecule has 0 saturated heterocycles. The third kappa shape index (κ3) is 1.73. The highest BCUT2D eigenvalue weighted by Crippen LogP contribution is 2.26. The summed E-state index contributed by atoms with van der Waals surface area (Å²) < 4.78 is 5.36. The monoisotopic (exact) mass is 202 g/mol. The standard InChI is InChI=1S/C12H14N2O/c1-7-4-8(2)11(13)5-10(7)12-14-9(3)6-15-12/h4-6H,13H2,1-3H3. The Balaban J connectivity index is 2.58. The highest BCUT2D eigenvalue weighted by Gasteiger charge is 2.09. The fraction of sp³-hybridized carbons (Fsp3) is 0.250. The molecule has 1 heterocycles. The van der Waals surface area contributed by atoms with Crippen LogP contribution in [-0.4, -0.2) is 4.98 Å². The van der Waals surface area contributed by atoms with Crippen molar-refractivity contribution in [3.63, 3.8) is 0 Å². The van der Waals surface area contributed by atoms with Gasteiger partial charge in [0.05, 0.1) is 5.69 Å². The number of oxazole rings is 1. The number of nitrogen functional groups attached to an aromatic ring is 1. The predicted octanol–water partition coefficient (Wildman–Crippen LogP) is 2.85. The minimum absolute atomic E-state index is 0.636. The Labute approximate surface area is 88.9 Å². The van der Waals surface area contributed by atoms with Crippen molar-refractivity contribution in [1.29, 1.82) is 0 Å². The van der Waals surface area contributed by atoms with Crippen molar-refractivity contribution in [2.75, 3.05) is 5.73 Å². The largest absolute Gasteiger partial charge is 0.444 e. The fourth-order valence-corrected chi connectivity index (χ4v) is 1.58. The van der Waals surface area contributed by atoms with E-state index >= 15 is 0 Å². The molecule has 78 valence electrons. The molecule has 0 atom stereocenters. The summed E-state index contributed by atoms with van der Waals surface area (Å²) in [6.07, 6.45) is 1.64. The number of nitrogens with zero attached hydrogens (tertiary/aromatic N) is 1. The molecule has 0 spiro atoms. The summed E-state index contributed by atoms with van der Waals surface area (Å²) in [7, 11) is 0. The minimum Gasteiger partial charge on any atom is -0.444 e. The van der Waals surface area contributed by atoms with E-state index < -0.39 is 0 Å². The molecule has 0 aliphatic rings. The smallest absolute Gasteiger partial charge is 0.226 e. The Morgan fingerprint density at radius 3 is 2.47 bits per heavy atom. The van der Waals surface area contributed by atoms with Crippen LogP contribution in [0.3, 0.4) is 0 Å². The van der Waals surface area contributed by atoms with Crippen LogP contribution in [0.2, 0.25) is 0 Å². The number of hydrogen-bond acceptors (Lipinski definition) is 3. The summed E-state index contributed by atoms with van der Waals surface area (Å²) in [6, 6.07) is 3.96. The molecule has 0 aliphatic heterocycles. The quantitative estimate of drug-likeness (QED) is 0.723. The number of nitrogens with two attached hydrogens (primary N) is 1. The molecule has 0 unspecified atom stereocenters. The molecule has 0 radical (unpaired) electrons. The lowest BCUT2D eigenvalue weighted by atomic mass is 10.0. The second-order valence-corrected chi connectivity index (χ2v) is 3.82. The van der Waals surface area contributed by atoms with Crippen LogP contribution in [0.5, 0.6) is 0 Å². The fourth-order valence-electron chi connectivity index (χ4n) is 1.58. The van der Waals surface area contributed by atoms with Crippen LogP contribution in [0.1, 0.15) is 16.8 Å². The average Bonchev–Trinajstić information content (AvgIpc) is 2.58. The SMILES string of the molecule is Cc1coc(-c2cc(N)c(C)cc2C)n1. The zero-order chi connectivity index (χ0) is 11.0. The molecule has 1 aromatic heterocycles. The van der Waals surface area contributed by atoms with E-state index in [-0.39, 0.29) is 0 Å². The van der Waals surface area contributed by atoms with Crippen molar-refractivity contribution in [2.24, 2.45) is 0 Å². The Morgan fingerprint density at radius 1 is 1.13 bits per heavy atom. The van der Waals surface area contributed by atoms with Crippen molar-refractivity contribution >= 4 is 5.69 Å². The third-order valence-corrected chi connectivity index (χ3v) is 2.46. The lowest BCUT2D eigenvalue weighted by Gasteiger charge is -2.06. The van der Waals surface area contributed by atoms with Gasteiger partial charge in [-0.3, -0.25) is 0 Å². The van der Waals surface area contributed by atoms with Gasteiger partial charge in [-0.05, 0) is 38.0 Å². The lowest BCUT2D eigenvalue weighted by molar-refractivity contribution is 0.573. The number of hydrogen-bond donors (Lipinski definition) is 1. The molecule has 3 heteroatoms. The second kappa shape index (κ2) is 3.42. The van der Waals surface area contributed by atoms with Crippen molar-refractivity contribution in [1.82, 2.24) is 4.98 Å². The maximum atomic E-state index is 5.86. The third-order valence-electron chi connectivity index (χ3n) is 2.46. The van der Waals surface area contributed by atoms with Gasteiger partial charge in [-0.15, -0.1) is 0 Å². The molecule has 0 bridgehead atoms. The summed E-state index contributed by atoms with van der Waals surface area (Å²) in [6.45, 7) is 5.92. The average molecular weight is 202 g/mol. The van der Waals surface area contributed by atoms with Gasteiger partial charge in [0.2, 0.25) is 5.89 Å². The molecule has 2 N–H and O–H groups in total. The summed E-state index contributed by atoms with van der Waals surface area (Å²) >= 11 is 0. The predicted molar refractivity (Wildman–Crippen MR) is 60.6 cm³/mol. The van der Waals surface area contributed by atoms with Crippen LogP contribution in [0.25, 0.3) is 11.5 Å². The normalized spacial score (nSPS) is 10.6. The van der Waals surface area contributed by atoms with Crippen LogP contribution < -0.4 is 5.73 Å².